The summed E-state index contributed by atoms with van der Waals surface area (Å²) in [5.41, 5.74) is 5.35. The highest BCUT2D eigenvalue weighted by Crippen LogP contribution is 2.19. The third kappa shape index (κ3) is 6.31. The van der Waals surface area contributed by atoms with E-state index in [9.17, 15) is 4.79 Å². The number of amides is 1. The van der Waals surface area contributed by atoms with Gasteiger partial charge in [0, 0.05) is 44.9 Å². The predicted molar refractivity (Wildman–Crippen MR) is 101 cm³/mol. The number of primary amides is 1. The number of hydrogen-bond donors (Lipinski definition) is 2. The molecule has 0 saturated carbocycles. The minimum Gasteiger partial charge on any atom is -0.370 e. The van der Waals surface area contributed by atoms with E-state index in [1.165, 1.54) is 0 Å². The van der Waals surface area contributed by atoms with Crippen LogP contribution in [0.1, 0.15) is 64.1 Å². The van der Waals surface area contributed by atoms with Crippen molar-refractivity contribution in [1.82, 2.24) is 20.4 Å². The summed E-state index contributed by atoms with van der Waals surface area (Å²) in [6.45, 7) is 9.46. The number of aliphatic imine (C=N–C) groups is 1. The molecule has 1 aromatic rings. The number of rotatable bonds is 8. The van der Waals surface area contributed by atoms with Gasteiger partial charge in [0.2, 0.25) is 11.8 Å². The van der Waals surface area contributed by atoms with Crippen LogP contribution in [0, 0.1) is 5.92 Å². The maximum absolute atomic E-state index is 11.2. The zero-order chi connectivity index (χ0) is 18.9. The van der Waals surface area contributed by atoms with Crippen molar-refractivity contribution in [2.75, 3.05) is 26.2 Å². The van der Waals surface area contributed by atoms with Crippen molar-refractivity contribution in [3.05, 3.63) is 11.7 Å². The van der Waals surface area contributed by atoms with Crippen LogP contribution in [0.5, 0.6) is 0 Å². The number of carbonyl (C=O) groups is 1. The summed E-state index contributed by atoms with van der Waals surface area (Å²) in [4.78, 5) is 22.6. The Morgan fingerprint density at radius 2 is 2.31 bits per heavy atom. The van der Waals surface area contributed by atoms with Crippen molar-refractivity contribution in [3.8, 4) is 0 Å². The molecule has 1 fully saturated rings. The summed E-state index contributed by atoms with van der Waals surface area (Å²) in [6.07, 6.45) is 4.14. The molecule has 0 radical (unpaired) electrons. The van der Waals surface area contributed by atoms with E-state index in [1.807, 2.05) is 13.8 Å². The second-order valence-corrected chi connectivity index (χ2v) is 7.16. The topological polar surface area (TPSA) is 110 Å². The molecule has 146 valence electrons. The normalized spacial score (nSPS) is 18.4. The fraction of sp³-hybridized carbons (Fsp3) is 0.778. The smallest absolute Gasteiger partial charge is 0.226 e. The Labute approximate surface area is 155 Å². The zero-order valence-corrected chi connectivity index (χ0v) is 16.2. The first kappa shape index (κ1) is 20.2. The molecular weight excluding hydrogens is 332 g/mol. The summed E-state index contributed by atoms with van der Waals surface area (Å²) in [7, 11) is 0. The lowest BCUT2D eigenvalue weighted by Crippen LogP contribution is -2.47. The van der Waals surface area contributed by atoms with E-state index >= 15 is 0 Å². The monoisotopic (exact) mass is 364 g/mol. The molecule has 1 atom stereocenters. The fourth-order valence-corrected chi connectivity index (χ4v) is 3.15. The molecule has 1 unspecified atom stereocenters. The minimum absolute atomic E-state index is 0.223. The Bertz CT molecular complexity index is 598. The van der Waals surface area contributed by atoms with Gasteiger partial charge in [-0.1, -0.05) is 19.0 Å². The van der Waals surface area contributed by atoms with Gasteiger partial charge in [0.15, 0.2) is 11.8 Å². The van der Waals surface area contributed by atoms with Crippen LogP contribution in [0.2, 0.25) is 0 Å². The molecule has 2 heterocycles. The Kier molecular flexibility index (Phi) is 7.87. The molecule has 0 spiro atoms. The molecule has 3 N–H and O–H groups in total. The highest BCUT2D eigenvalue weighted by atomic mass is 16.5. The van der Waals surface area contributed by atoms with E-state index in [1.54, 1.807) is 0 Å². The molecule has 1 saturated heterocycles. The van der Waals surface area contributed by atoms with Crippen LogP contribution in [-0.4, -0.2) is 53.1 Å². The van der Waals surface area contributed by atoms with Crippen LogP contribution in [0.15, 0.2) is 9.52 Å². The quantitative estimate of drug-likeness (QED) is 0.412. The second-order valence-electron chi connectivity index (χ2n) is 7.16. The highest BCUT2D eigenvalue weighted by molar-refractivity contribution is 5.80. The number of carbonyl (C=O) groups excluding carboxylic acids is 1. The van der Waals surface area contributed by atoms with Gasteiger partial charge in [0.05, 0.1) is 0 Å². The second kappa shape index (κ2) is 10.1. The fourth-order valence-electron chi connectivity index (χ4n) is 3.15. The lowest BCUT2D eigenvalue weighted by atomic mass is 9.95. The first-order valence-electron chi connectivity index (χ1n) is 9.63. The van der Waals surface area contributed by atoms with E-state index in [2.05, 4.69) is 27.3 Å². The van der Waals surface area contributed by atoms with Gasteiger partial charge < -0.3 is 20.5 Å². The van der Waals surface area contributed by atoms with Gasteiger partial charge >= 0.3 is 0 Å². The average Bonchev–Trinajstić information content (AvgIpc) is 3.06. The van der Waals surface area contributed by atoms with Crippen LogP contribution in [0.3, 0.4) is 0 Å². The maximum Gasteiger partial charge on any atom is 0.226 e. The van der Waals surface area contributed by atoms with Crippen molar-refractivity contribution < 1.29 is 9.32 Å². The van der Waals surface area contributed by atoms with E-state index in [0.29, 0.717) is 24.8 Å². The summed E-state index contributed by atoms with van der Waals surface area (Å²) in [5.74, 6) is 2.71. The molecule has 8 heteroatoms. The van der Waals surface area contributed by atoms with E-state index < -0.39 is 0 Å². The van der Waals surface area contributed by atoms with E-state index in [0.717, 1.165) is 57.1 Å². The molecule has 2 rings (SSSR count). The first-order chi connectivity index (χ1) is 12.5. The summed E-state index contributed by atoms with van der Waals surface area (Å²) in [6, 6.07) is 0. The number of guanidine groups is 1. The molecule has 1 aromatic heterocycles. The number of piperidine rings is 1. The SMILES string of the molecule is CCNC(=NCCCc1nc(C(C)C)no1)N1CCCC(CC(N)=O)C1. The Morgan fingerprint density at radius 1 is 1.50 bits per heavy atom. The summed E-state index contributed by atoms with van der Waals surface area (Å²) >= 11 is 0. The number of likely N-dealkylation sites (tertiary alicyclic amines) is 1. The Balaban J connectivity index is 1.85. The number of aryl methyl sites for hydroxylation is 1. The van der Waals surface area contributed by atoms with Gasteiger partial charge in [0.1, 0.15) is 0 Å². The van der Waals surface area contributed by atoms with Gasteiger partial charge in [-0.2, -0.15) is 4.98 Å². The Morgan fingerprint density at radius 3 is 2.96 bits per heavy atom. The molecule has 1 amide bonds. The standard InChI is InChI=1S/C18H32N6O2/c1-4-20-18(24-10-6-7-14(12-24)11-15(19)25)21-9-5-8-16-22-17(13(2)3)23-26-16/h13-14H,4-12H2,1-3H3,(H2,19,25)(H,20,21). The molecule has 1 aliphatic heterocycles. The largest absolute Gasteiger partial charge is 0.370 e. The summed E-state index contributed by atoms with van der Waals surface area (Å²) < 4.78 is 5.27. The molecule has 8 nitrogen and oxygen atoms in total. The highest BCUT2D eigenvalue weighted by Gasteiger charge is 2.23. The van der Waals surface area contributed by atoms with Gasteiger partial charge in [0.25, 0.3) is 0 Å². The first-order valence-corrected chi connectivity index (χ1v) is 9.63. The number of nitrogens with one attached hydrogen (secondary N) is 1. The van der Waals surface area contributed by atoms with Gasteiger partial charge in [-0.25, -0.2) is 0 Å². The lowest BCUT2D eigenvalue weighted by Gasteiger charge is -2.34. The van der Waals surface area contributed by atoms with Crippen molar-refractivity contribution >= 4 is 11.9 Å². The van der Waals surface area contributed by atoms with E-state index in [-0.39, 0.29) is 11.8 Å². The van der Waals surface area contributed by atoms with Gasteiger partial charge in [-0.05, 0) is 32.1 Å². The minimum atomic E-state index is -0.223. The molecule has 26 heavy (non-hydrogen) atoms. The van der Waals surface area contributed by atoms with Crippen molar-refractivity contribution in [2.24, 2.45) is 16.6 Å². The molecule has 0 bridgehead atoms. The van der Waals surface area contributed by atoms with E-state index in [4.69, 9.17) is 15.2 Å². The van der Waals surface area contributed by atoms with Crippen molar-refractivity contribution in [1.29, 1.82) is 0 Å². The van der Waals surface area contributed by atoms with Crippen LogP contribution in [-0.2, 0) is 11.2 Å². The molecule has 0 aromatic carbocycles. The molecular formula is C18H32N6O2. The molecule has 0 aliphatic carbocycles. The number of nitrogens with zero attached hydrogens (tertiary/aromatic N) is 4. The third-order valence-corrected chi connectivity index (χ3v) is 4.45. The van der Waals surface area contributed by atoms with Crippen LogP contribution in [0.4, 0.5) is 0 Å². The zero-order valence-electron chi connectivity index (χ0n) is 16.2. The van der Waals surface area contributed by atoms with Crippen molar-refractivity contribution in [3.63, 3.8) is 0 Å². The third-order valence-electron chi connectivity index (χ3n) is 4.45. The number of hydrogen-bond acceptors (Lipinski definition) is 5. The van der Waals surface area contributed by atoms with Crippen LogP contribution < -0.4 is 11.1 Å². The summed E-state index contributed by atoms with van der Waals surface area (Å²) in [5, 5.41) is 7.34. The van der Waals surface area contributed by atoms with Crippen molar-refractivity contribution in [2.45, 2.75) is 58.8 Å². The maximum atomic E-state index is 11.2. The van der Waals surface area contributed by atoms with Crippen LogP contribution >= 0.6 is 0 Å². The number of nitrogens with two attached hydrogens (primary N) is 1. The Hall–Kier alpha value is -2.12. The molecule has 1 aliphatic rings. The number of aromatic nitrogens is 2. The van der Waals surface area contributed by atoms with Crippen LogP contribution in [0.25, 0.3) is 0 Å². The lowest BCUT2D eigenvalue weighted by molar-refractivity contribution is -0.119. The van der Waals surface area contributed by atoms with Gasteiger partial charge in [-0.15, -0.1) is 0 Å². The van der Waals surface area contributed by atoms with Gasteiger partial charge in [-0.3, -0.25) is 9.79 Å². The average molecular weight is 364 g/mol. The predicted octanol–water partition coefficient (Wildman–Crippen LogP) is 1.68.